The summed E-state index contributed by atoms with van der Waals surface area (Å²) in [6, 6.07) is 51.8. The largest absolute Gasteiger partial charge is 0.445 e. The number of benzene rings is 7. The summed E-state index contributed by atoms with van der Waals surface area (Å²) in [5.74, 6) is 1.20. The Morgan fingerprint density at radius 2 is 0.812 bits per heavy atom. The summed E-state index contributed by atoms with van der Waals surface area (Å²) in [6.45, 7) is 0. The maximum absolute atomic E-state index is 5.71. The Kier molecular flexibility index (Phi) is 6.76. The average molecular weight is 617 g/mol. The average Bonchev–Trinajstić information content (AvgIpc) is 3.90. The van der Waals surface area contributed by atoms with E-state index in [1.54, 1.807) is 24.9 Å². The number of hydrogen-bond acceptors (Lipinski definition) is 4. The molecule has 0 amide bonds. The van der Waals surface area contributed by atoms with Crippen LogP contribution < -0.4 is 0 Å². The van der Waals surface area contributed by atoms with Crippen LogP contribution in [0.3, 0.4) is 0 Å². The van der Waals surface area contributed by atoms with Gasteiger partial charge in [-0.25, -0.2) is 9.97 Å². The zero-order chi connectivity index (χ0) is 31.9. The van der Waals surface area contributed by atoms with Crippen molar-refractivity contribution in [2.75, 3.05) is 0 Å². The summed E-state index contributed by atoms with van der Waals surface area (Å²) in [4.78, 5) is 8.87. The molecule has 0 aliphatic rings. The molecule has 0 N–H and O–H groups in total. The lowest BCUT2D eigenvalue weighted by molar-refractivity contribution is 0.574. The van der Waals surface area contributed by atoms with Crippen LogP contribution in [0.5, 0.6) is 0 Å². The molecule has 0 radical (unpaired) electrons. The molecule has 0 bridgehead atoms. The van der Waals surface area contributed by atoms with E-state index in [1.807, 2.05) is 12.1 Å². The molecule has 0 fully saturated rings. The standard InChI is InChI=1S/C44H28N2O2/c1-2-10-29(11-3-1)35-16-4-5-17-36(35)30-20-21-39-40(28-30)42(32-13-9-15-34(27-32)44-46-23-25-48-44)38-19-7-6-18-37(38)41(39)31-12-8-14-33(26-31)43-45-22-24-47-43/h1-28H. The highest BCUT2D eigenvalue weighted by molar-refractivity contribution is 6.22. The van der Waals surface area contributed by atoms with Crippen LogP contribution >= 0.6 is 0 Å². The maximum atomic E-state index is 5.71. The molecule has 0 saturated heterocycles. The molecule has 4 nitrogen and oxygen atoms in total. The summed E-state index contributed by atoms with van der Waals surface area (Å²) < 4.78 is 11.4. The summed E-state index contributed by atoms with van der Waals surface area (Å²) in [5, 5.41) is 4.66. The monoisotopic (exact) mass is 616 g/mol. The summed E-state index contributed by atoms with van der Waals surface area (Å²) in [6.07, 6.45) is 6.60. The predicted octanol–water partition coefficient (Wildman–Crippen LogP) is 12.0. The van der Waals surface area contributed by atoms with Gasteiger partial charge in [0, 0.05) is 11.1 Å². The zero-order valence-electron chi connectivity index (χ0n) is 25.9. The molecule has 2 aromatic heterocycles. The fraction of sp³-hybridized carbons (Fsp3) is 0. The van der Waals surface area contributed by atoms with Gasteiger partial charge >= 0.3 is 0 Å². The van der Waals surface area contributed by atoms with E-state index in [9.17, 15) is 0 Å². The van der Waals surface area contributed by atoms with E-state index in [1.165, 1.54) is 38.6 Å². The molecule has 2 heterocycles. The molecule has 0 unspecified atom stereocenters. The quantitative estimate of drug-likeness (QED) is 0.174. The second-order valence-electron chi connectivity index (χ2n) is 11.8. The van der Waals surface area contributed by atoms with Crippen molar-refractivity contribution >= 4 is 21.5 Å². The fourth-order valence-corrected chi connectivity index (χ4v) is 6.92. The van der Waals surface area contributed by atoms with E-state index in [0.29, 0.717) is 11.8 Å². The molecule has 226 valence electrons. The molecular formula is C44H28N2O2. The van der Waals surface area contributed by atoms with Gasteiger partial charge in [-0.2, -0.15) is 0 Å². The van der Waals surface area contributed by atoms with Crippen LogP contribution in [0.4, 0.5) is 0 Å². The van der Waals surface area contributed by atoms with E-state index < -0.39 is 0 Å². The second-order valence-corrected chi connectivity index (χ2v) is 11.8. The first-order valence-electron chi connectivity index (χ1n) is 16.0. The van der Waals surface area contributed by atoms with E-state index in [2.05, 4.69) is 143 Å². The van der Waals surface area contributed by atoms with Gasteiger partial charge in [0.15, 0.2) is 0 Å². The smallest absolute Gasteiger partial charge is 0.225 e. The van der Waals surface area contributed by atoms with Gasteiger partial charge in [0.1, 0.15) is 12.5 Å². The molecule has 7 aromatic carbocycles. The van der Waals surface area contributed by atoms with Crippen molar-refractivity contribution in [1.29, 1.82) is 0 Å². The van der Waals surface area contributed by atoms with Crippen LogP contribution in [-0.2, 0) is 0 Å². The lowest BCUT2D eigenvalue weighted by Gasteiger charge is -2.20. The molecule has 0 saturated carbocycles. The van der Waals surface area contributed by atoms with E-state index >= 15 is 0 Å². The minimum absolute atomic E-state index is 0.600. The van der Waals surface area contributed by atoms with Crippen LogP contribution in [0.25, 0.3) is 89.0 Å². The Morgan fingerprint density at radius 3 is 1.40 bits per heavy atom. The highest BCUT2D eigenvalue weighted by atomic mass is 16.3. The minimum Gasteiger partial charge on any atom is -0.445 e. The number of hydrogen-bond donors (Lipinski definition) is 0. The molecule has 48 heavy (non-hydrogen) atoms. The van der Waals surface area contributed by atoms with Crippen LogP contribution in [-0.4, -0.2) is 9.97 Å². The molecule has 0 atom stereocenters. The third kappa shape index (κ3) is 4.79. The Bertz CT molecular complexity index is 2550. The Hall–Kier alpha value is -6.52. The third-order valence-corrected chi connectivity index (χ3v) is 9.01. The number of aromatic nitrogens is 2. The van der Waals surface area contributed by atoms with Gasteiger partial charge in [0.25, 0.3) is 0 Å². The van der Waals surface area contributed by atoms with Crippen molar-refractivity contribution in [3.63, 3.8) is 0 Å². The molecule has 4 heteroatoms. The van der Waals surface area contributed by atoms with Crippen LogP contribution in [0.15, 0.2) is 179 Å². The van der Waals surface area contributed by atoms with Crippen molar-refractivity contribution in [2.24, 2.45) is 0 Å². The third-order valence-electron chi connectivity index (χ3n) is 9.01. The van der Waals surface area contributed by atoms with Crippen molar-refractivity contribution < 1.29 is 8.83 Å². The maximum Gasteiger partial charge on any atom is 0.225 e. The van der Waals surface area contributed by atoms with Crippen molar-refractivity contribution in [3.05, 3.63) is 171 Å². The summed E-state index contributed by atoms with van der Waals surface area (Å²) >= 11 is 0. The topological polar surface area (TPSA) is 52.1 Å². The van der Waals surface area contributed by atoms with Crippen molar-refractivity contribution in [2.45, 2.75) is 0 Å². The van der Waals surface area contributed by atoms with Crippen LogP contribution in [0.2, 0.25) is 0 Å². The van der Waals surface area contributed by atoms with Gasteiger partial charge in [-0.3, -0.25) is 0 Å². The van der Waals surface area contributed by atoms with Gasteiger partial charge < -0.3 is 8.83 Å². The van der Waals surface area contributed by atoms with E-state index in [0.717, 1.165) is 38.6 Å². The van der Waals surface area contributed by atoms with Gasteiger partial charge in [-0.05, 0) is 96.4 Å². The molecular weight excluding hydrogens is 588 g/mol. The highest BCUT2D eigenvalue weighted by Crippen LogP contribution is 2.46. The van der Waals surface area contributed by atoms with Gasteiger partial charge in [0.2, 0.25) is 11.8 Å². The number of nitrogens with zero attached hydrogens (tertiary/aromatic N) is 2. The normalized spacial score (nSPS) is 11.3. The second kappa shape index (κ2) is 11.7. The molecule has 9 rings (SSSR count). The minimum atomic E-state index is 0.600. The van der Waals surface area contributed by atoms with Crippen molar-refractivity contribution in [1.82, 2.24) is 9.97 Å². The summed E-state index contributed by atoms with van der Waals surface area (Å²) in [5.41, 5.74) is 11.1. The lowest BCUT2D eigenvalue weighted by Crippen LogP contribution is -1.93. The van der Waals surface area contributed by atoms with Crippen LogP contribution in [0.1, 0.15) is 0 Å². The number of fused-ring (bicyclic) bond motifs is 2. The molecule has 0 aliphatic carbocycles. The first-order chi connectivity index (χ1) is 23.8. The van der Waals surface area contributed by atoms with Gasteiger partial charge in [0.05, 0.1) is 12.4 Å². The molecule has 9 aromatic rings. The number of oxazole rings is 2. The SMILES string of the molecule is c1ccc(-c2ccccc2-c2ccc3c(-c4cccc(-c5ncco5)c4)c4ccccc4c(-c4cccc(-c5ncco5)c4)c3c2)cc1. The van der Waals surface area contributed by atoms with Crippen molar-refractivity contribution in [3.8, 4) is 67.4 Å². The van der Waals surface area contributed by atoms with Gasteiger partial charge in [-0.15, -0.1) is 0 Å². The van der Waals surface area contributed by atoms with Gasteiger partial charge in [-0.1, -0.05) is 115 Å². The fourth-order valence-electron chi connectivity index (χ4n) is 6.92. The summed E-state index contributed by atoms with van der Waals surface area (Å²) in [7, 11) is 0. The number of rotatable bonds is 6. The Balaban J connectivity index is 1.36. The predicted molar refractivity (Wildman–Crippen MR) is 194 cm³/mol. The molecule has 0 aliphatic heterocycles. The van der Waals surface area contributed by atoms with E-state index in [4.69, 9.17) is 8.83 Å². The Morgan fingerprint density at radius 1 is 0.333 bits per heavy atom. The first kappa shape index (κ1) is 27.8. The lowest BCUT2D eigenvalue weighted by atomic mass is 9.84. The van der Waals surface area contributed by atoms with Crippen LogP contribution in [0, 0.1) is 0 Å². The Labute approximate surface area is 277 Å². The highest BCUT2D eigenvalue weighted by Gasteiger charge is 2.19. The van der Waals surface area contributed by atoms with E-state index in [-0.39, 0.29) is 0 Å². The molecule has 0 spiro atoms. The zero-order valence-corrected chi connectivity index (χ0v) is 25.9. The first-order valence-corrected chi connectivity index (χ1v) is 16.0.